The van der Waals surface area contributed by atoms with Gasteiger partial charge in [0.25, 0.3) is 0 Å². The van der Waals surface area contributed by atoms with Crippen molar-refractivity contribution in [1.82, 2.24) is 14.1 Å². The first-order valence-electron chi connectivity index (χ1n) is 7.01. The number of carboxylic acid groups (broad SMARTS) is 1. The summed E-state index contributed by atoms with van der Waals surface area (Å²) in [6.45, 7) is 7.57. The maximum absolute atomic E-state index is 12.8. The van der Waals surface area contributed by atoms with Crippen LogP contribution in [0.4, 0.5) is 0 Å². The lowest BCUT2D eigenvalue weighted by Gasteiger charge is -2.21. The summed E-state index contributed by atoms with van der Waals surface area (Å²) in [7, 11) is -3.64. The minimum absolute atomic E-state index is 0.130. The number of hydrogen-bond acceptors (Lipinski definition) is 4. The van der Waals surface area contributed by atoms with Crippen LogP contribution in [0.3, 0.4) is 0 Å². The van der Waals surface area contributed by atoms with Crippen molar-refractivity contribution >= 4 is 16.0 Å². The monoisotopic (exact) mass is 317 g/mol. The van der Waals surface area contributed by atoms with E-state index in [4.69, 9.17) is 5.11 Å². The highest BCUT2D eigenvalue weighted by atomic mass is 32.2. The molecule has 1 N–H and O–H groups in total. The van der Waals surface area contributed by atoms with Crippen LogP contribution < -0.4 is 0 Å². The summed E-state index contributed by atoms with van der Waals surface area (Å²) in [6, 6.07) is 0. The van der Waals surface area contributed by atoms with Gasteiger partial charge >= 0.3 is 5.97 Å². The van der Waals surface area contributed by atoms with Crippen molar-refractivity contribution in [3.63, 3.8) is 0 Å². The van der Waals surface area contributed by atoms with Gasteiger partial charge < -0.3 is 5.11 Å². The number of aromatic nitrogens is 2. The molecule has 1 aromatic heterocycles. The number of carboxylic acids is 1. The zero-order valence-corrected chi connectivity index (χ0v) is 13.8. The van der Waals surface area contributed by atoms with Crippen molar-refractivity contribution in [1.29, 1.82) is 0 Å². The molecule has 0 aliphatic rings. The minimum atomic E-state index is -3.64. The summed E-state index contributed by atoms with van der Waals surface area (Å²) >= 11 is 0. The number of nitrogens with zero attached hydrogens (tertiary/aromatic N) is 3. The number of rotatable bonds is 8. The molecule has 0 bridgehead atoms. The van der Waals surface area contributed by atoms with E-state index in [1.54, 1.807) is 13.8 Å². The van der Waals surface area contributed by atoms with E-state index in [9.17, 15) is 13.2 Å². The van der Waals surface area contributed by atoms with Gasteiger partial charge in [-0.05, 0) is 26.7 Å². The quantitative estimate of drug-likeness (QED) is 0.782. The van der Waals surface area contributed by atoms with Gasteiger partial charge in [-0.3, -0.25) is 9.48 Å². The molecule has 21 heavy (non-hydrogen) atoms. The van der Waals surface area contributed by atoms with Crippen LogP contribution in [0.5, 0.6) is 0 Å². The average Bonchev–Trinajstić information content (AvgIpc) is 2.63. The van der Waals surface area contributed by atoms with Gasteiger partial charge in [-0.2, -0.15) is 9.40 Å². The normalized spacial score (nSPS) is 12.0. The smallest absolute Gasteiger partial charge is 0.325 e. The lowest BCUT2D eigenvalue weighted by molar-refractivity contribution is -0.137. The Morgan fingerprint density at radius 2 is 1.76 bits per heavy atom. The Morgan fingerprint density at radius 3 is 2.19 bits per heavy atom. The molecule has 0 aliphatic heterocycles. The van der Waals surface area contributed by atoms with Crippen molar-refractivity contribution < 1.29 is 18.3 Å². The van der Waals surface area contributed by atoms with Crippen LogP contribution in [0.1, 0.15) is 38.1 Å². The molecule has 1 heterocycles. The second kappa shape index (κ2) is 7.04. The van der Waals surface area contributed by atoms with Gasteiger partial charge in [0, 0.05) is 13.1 Å². The van der Waals surface area contributed by atoms with Gasteiger partial charge in [-0.15, -0.1) is 0 Å². The summed E-state index contributed by atoms with van der Waals surface area (Å²) in [6.07, 6.45) is 1.45. The third-order valence-corrected chi connectivity index (χ3v) is 5.30. The molecule has 0 spiro atoms. The molecule has 0 aromatic carbocycles. The van der Waals surface area contributed by atoms with Crippen LogP contribution >= 0.6 is 0 Å². The van der Waals surface area contributed by atoms with Gasteiger partial charge in [0.15, 0.2) is 0 Å². The van der Waals surface area contributed by atoms with Crippen LogP contribution in [-0.2, 0) is 21.4 Å². The number of aliphatic carboxylic acids is 1. The van der Waals surface area contributed by atoms with E-state index in [1.807, 2.05) is 13.8 Å². The van der Waals surface area contributed by atoms with E-state index >= 15 is 0 Å². The highest BCUT2D eigenvalue weighted by Crippen LogP contribution is 2.24. The van der Waals surface area contributed by atoms with E-state index in [0.717, 1.165) is 12.8 Å². The summed E-state index contributed by atoms with van der Waals surface area (Å²) in [5, 5.41) is 12.9. The van der Waals surface area contributed by atoms with Gasteiger partial charge in [0.05, 0.1) is 11.4 Å². The predicted molar refractivity (Wildman–Crippen MR) is 78.7 cm³/mol. The van der Waals surface area contributed by atoms with Crippen molar-refractivity contribution in [2.24, 2.45) is 0 Å². The number of sulfonamides is 1. The molecule has 7 nitrogen and oxygen atoms in total. The van der Waals surface area contributed by atoms with Crippen molar-refractivity contribution in [3.05, 3.63) is 11.4 Å². The topological polar surface area (TPSA) is 92.5 Å². The molecule has 0 unspecified atom stereocenters. The number of hydrogen-bond donors (Lipinski definition) is 1. The molecule has 0 saturated heterocycles. The van der Waals surface area contributed by atoms with Crippen LogP contribution in [0.15, 0.2) is 4.90 Å². The third-order valence-electron chi connectivity index (χ3n) is 3.14. The Hall–Kier alpha value is -1.41. The molecule has 120 valence electrons. The minimum Gasteiger partial charge on any atom is -0.480 e. The van der Waals surface area contributed by atoms with E-state index in [2.05, 4.69) is 5.10 Å². The van der Waals surface area contributed by atoms with Crippen LogP contribution in [0.2, 0.25) is 0 Å². The van der Waals surface area contributed by atoms with Crippen molar-refractivity contribution in [2.75, 3.05) is 13.1 Å². The molecular formula is C13H23N3O4S. The Bertz CT molecular complexity index is 601. The fourth-order valence-corrected chi connectivity index (χ4v) is 4.31. The highest BCUT2D eigenvalue weighted by molar-refractivity contribution is 7.89. The molecule has 1 aromatic rings. The summed E-state index contributed by atoms with van der Waals surface area (Å²) < 4.78 is 28.2. The first-order valence-corrected chi connectivity index (χ1v) is 8.45. The van der Waals surface area contributed by atoms with Crippen LogP contribution in [-0.4, -0.2) is 46.7 Å². The van der Waals surface area contributed by atoms with E-state index in [0.29, 0.717) is 24.5 Å². The first-order chi connectivity index (χ1) is 9.75. The van der Waals surface area contributed by atoms with E-state index in [1.165, 1.54) is 8.99 Å². The Labute approximate surface area is 125 Å². The predicted octanol–water partition coefficient (Wildman–Crippen LogP) is 1.40. The molecule has 0 amide bonds. The summed E-state index contributed by atoms with van der Waals surface area (Å²) in [5.74, 6) is -1.05. The Balaban J connectivity index is 3.30. The zero-order chi connectivity index (χ0) is 16.2. The largest absolute Gasteiger partial charge is 0.480 e. The van der Waals surface area contributed by atoms with Gasteiger partial charge in [-0.1, -0.05) is 13.8 Å². The fraction of sp³-hybridized carbons (Fsp3) is 0.692. The maximum Gasteiger partial charge on any atom is 0.325 e. The van der Waals surface area contributed by atoms with Crippen molar-refractivity contribution in [3.8, 4) is 0 Å². The third kappa shape index (κ3) is 3.82. The first kappa shape index (κ1) is 17.6. The molecule has 0 atom stereocenters. The number of carbonyl (C=O) groups is 1. The summed E-state index contributed by atoms with van der Waals surface area (Å²) in [4.78, 5) is 10.9. The SMILES string of the molecule is CCCN(CCC)S(=O)(=O)c1c(C)nn(CC(=O)O)c1C. The zero-order valence-electron chi connectivity index (χ0n) is 13.0. The molecule has 0 saturated carbocycles. The standard InChI is InChI=1S/C13H23N3O4S/c1-5-7-15(8-6-2)21(19,20)13-10(3)14-16(11(13)4)9-12(17)18/h5-9H2,1-4H3,(H,17,18). The summed E-state index contributed by atoms with van der Waals surface area (Å²) in [5.41, 5.74) is 0.707. The average molecular weight is 317 g/mol. The lowest BCUT2D eigenvalue weighted by atomic mass is 10.4. The second-order valence-electron chi connectivity index (χ2n) is 4.96. The van der Waals surface area contributed by atoms with Gasteiger partial charge in [-0.25, -0.2) is 8.42 Å². The second-order valence-corrected chi connectivity index (χ2v) is 6.83. The van der Waals surface area contributed by atoms with E-state index in [-0.39, 0.29) is 11.4 Å². The molecule has 0 radical (unpaired) electrons. The number of aryl methyl sites for hydroxylation is 1. The molecule has 1 rings (SSSR count). The molecule has 0 aliphatic carbocycles. The van der Waals surface area contributed by atoms with Gasteiger partial charge in [0.2, 0.25) is 10.0 Å². The maximum atomic E-state index is 12.8. The van der Waals surface area contributed by atoms with E-state index < -0.39 is 16.0 Å². The van der Waals surface area contributed by atoms with Crippen molar-refractivity contribution in [2.45, 2.75) is 52.0 Å². The molecule has 0 fully saturated rings. The Kier molecular flexibility index (Phi) is 5.91. The molecule has 8 heteroatoms. The fourth-order valence-electron chi connectivity index (χ4n) is 2.32. The molecular weight excluding hydrogens is 294 g/mol. The van der Waals surface area contributed by atoms with Crippen LogP contribution in [0, 0.1) is 13.8 Å². The highest BCUT2D eigenvalue weighted by Gasteiger charge is 2.30. The Morgan fingerprint density at radius 1 is 1.24 bits per heavy atom. The van der Waals surface area contributed by atoms with Gasteiger partial charge in [0.1, 0.15) is 11.4 Å². The lowest BCUT2D eigenvalue weighted by Crippen LogP contribution is -2.33. The van der Waals surface area contributed by atoms with Crippen LogP contribution in [0.25, 0.3) is 0 Å².